The Morgan fingerprint density at radius 2 is 2.29 bits per heavy atom. The highest BCUT2D eigenvalue weighted by atomic mass is 32.2. The van der Waals surface area contributed by atoms with Crippen LogP contribution in [0.3, 0.4) is 0 Å². The zero-order valence-corrected chi connectivity index (χ0v) is 11.2. The van der Waals surface area contributed by atoms with Crippen molar-refractivity contribution in [2.45, 2.75) is 32.2 Å². The number of hydrogen-bond donors (Lipinski definition) is 2. The van der Waals surface area contributed by atoms with E-state index in [0.29, 0.717) is 0 Å². The van der Waals surface area contributed by atoms with Crippen LogP contribution < -0.4 is 11.3 Å². The van der Waals surface area contributed by atoms with Crippen LogP contribution in [-0.4, -0.2) is 16.5 Å². The summed E-state index contributed by atoms with van der Waals surface area (Å²) in [6.45, 7) is 2.12. The minimum absolute atomic E-state index is 0.247. The first-order valence-electron chi connectivity index (χ1n) is 6.25. The molecular weight excluding hydrogens is 230 g/mol. The van der Waals surface area contributed by atoms with Gasteiger partial charge in [-0.15, -0.1) is 0 Å². The summed E-state index contributed by atoms with van der Waals surface area (Å²) in [6, 6.07) is 2.30. The number of aryl methyl sites for hydroxylation is 1. The Labute approximate surface area is 108 Å². The number of nitrogens with one attached hydrogen (secondary N) is 1. The SMILES string of the molecule is Cc1ccncc1C(CC1CCSCC1)NN. The van der Waals surface area contributed by atoms with E-state index >= 15 is 0 Å². The van der Waals surface area contributed by atoms with Gasteiger partial charge >= 0.3 is 0 Å². The van der Waals surface area contributed by atoms with Crippen molar-refractivity contribution in [2.24, 2.45) is 11.8 Å². The second-order valence-electron chi connectivity index (χ2n) is 4.74. The van der Waals surface area contributed by atoms with Gasteiger partial charge in [-0.05, 0) is 60.8 Å². The van der Waals surface area contributed by atoms with Crippen LogP contribution in [0.25, 0.3) is 0 Å². The summed E-state index contributed by atoms with van der Waals surface area (Å²) in [5.41, 5.74) is 5.47. The van der Waals surface area contributed by atoms with Crippen LogP contribution >= 0.6 is 11.8 Å². The predicted molar refractivity (Wildman–Crippen MR) is 73.7 cm³/mol. The van der Waals surface area contributed by atoms with Gasteiger partial charge in [-0.25, -0.2) is 0 Å². The molecule has 1 fully saturated rings. The molecule has 1 saturated heterocycles. The Hall–Kier alpha value is -0.580. The highest BCUT2D eigenvalue weighted by molar-refractivity contribution is 7.99. The van der Waals surface area contributed by atoms with Crippen molar-refractivity contribution >= 4 is 11.8 Å². The van der Waals surface area contributed by atoms with Gasteiger partial charge < -0.3 is 0 Å². The Morgan fingerprint density at radius 1 is 1.53 bits per heavy atom. The van der Waals surface area contributed by atoms with Crippen molar-refractivity contribution in [2.75, 3.05) is 11.5 Å². The number of pyridine rings is 1. The number of hydrogen-bond acceptors (Lipinski definition) is 4. The van der Waals surface area contributed by atoms with Gasteiger partial charge in [-0.1, -0.05) is 0 Å². The van der Waals surface area contributed by atoms with Crippen LogP contribution in [0, 0.1) is 12.8 Å². The molecule has 1 aromatic heterocycles. The van der Waals surface area contributed by atoms with Crippen LogP contribution in [0.5, 0.6) is 0 Å². The molecule has 0 radical (unpaired) electrons. The third-order valence-electron chi connectivity index (χ3n) is 3.57. The molecule has 3 nitrogen and oxygen atoms in total. The maximum absolute atomic E-state index is 5.71. The lowest BCUT2D eigenvalue weighted by Gasteiger charge is -2.26. The summed E-state index contributed by atoms with van der Waals surface area (Å²) in [6.07, 6.45) is 7.55. The number of thioether (sulfide) groups is 1. The smallest absolute Gasteiger partial charge is 0.0480 e. The summed E-state index contributed by atoms with van der Waals surface area (Å²) in [4.78, 5) is 4.21. The molecule has 1 aliphatic heterocycles. The lowest BCUT2D eigenvalue weighted by Crippen LogP contribution is -2.31. The third kappa shape index (κ3) is 3.44. The Bertz CT molecular complexity index is 350. The van der Waals surface area contributed by atoms with Gasteiger partial charge in [-0.3, -0.25) is 16.3 Å². The van der Waals surface area contributed by atoms with Gasteiger partial charge in [0.05, 0.1) is 0 Å². The third-order valence-corrected chi connectivity index (χ3v) is 4.61. The van der Waals surface area contributed by atoms with Crippen molar-refractivity contribution < 1.29 is 0 Å². The average molecular weight is 251 g/mol. The van der Waals surface area contributed by atoms with Gasteiger partial charge in [0.2, 0.25) is 0 Å². The Morgan fingerprint density at radius 3 is 2.94 bits per heavy atom. The molecule has 94 valence electrons. The maximum Gasteiger partial charge on any atom is 0.0480 e. The molecule has 4 heteroatoms. The minimum atomic E-state index is 0.247. The lowest BCUT2D eigenvalue weighted by atomic mass is 9.90. The molecule has 0 spiro atoms. The molecular formula is C13H21N3S. The second kappa shape index (κ2) is 6.38. The highest BCUT2D eigenvalue weighted by Crippen LogP contribution is 2.31. The molecule has 2 heterocycles. The monoisotopic (exact) mass is 251 g/mol. The second-order valence-corrected chi connectivity index (χ2v) is 5.97. The fraction of sp³-hybridized carbons (Fsp3) is 0.615. The van der Waals surface area contributed by atoms with Crippen LogP contribution in [-0.2, 0) is 0 Å². The summed E-state index contributed by atoms with van der Waals surface area (Å²) in [5.74, 6) is 9.11. The fourth-order valence-corrected chi connectivity index (χ4v) is 3.65. The van der Waals surface area contributed by atoms with Gasteiger partial charge in [0.15, 0.2) is 0 Å². The Kier molecular flexibility index (Phi) is 4.83. The van der Waals surface area contributed by atoms with Crippen molar-refractivity contribution in [1.29, 1.82) is 0 Å². The van der Waals surface area contributed by atoms with Crippen LogP contribution in [0.15, 0.2) is 18.5 Å². The van der Waals surface area contributed by atoms with E-state index < -0.39 is 0 Å². The summed E-state index contributed by atoms with van der Waals surface area (Å²) >= 11 is 2.07. The molecule has 0 saturated carbocycles. The summed E-state index contributed by atoms with van der Waals surface area (Å²) in [5, 5.41) is 0. The Balaban J connectivity index is 2.03. The van der Waals surface area contributed by atoms with Gasteiger partial charge in [-0.2, -0.15) is 11.8 Å². The zero-order chi connectivity index (χ0) is 12.1. The number of nitrogens with two attached hydrogens (primary N) is 1. The highest BCUT2D eigenvalue weighted by Gasteiger charge is 2.20. The molecule has 0 aliphatic carbocycles. The van der Waals surface area contributed by atoms with E-state index in [2.05, 4.69) is 35.2 Å². The van der Waals surface area contributed by atoms with Gasteiger partial charge in [0.1, 0.15) is 0 Å². The van der Waals surface area contributed by atoms with Crippen LogP contribution in [0.4, 0.5) is 0 Å². The van der Waals surface area contributed by atoms with E-state index in [1.807, 2.05) is 12.4 Å². The fourth-order valence-electron chi connectivity index (χ4n) is 2.44. The number of nitrogens with zero attached hydrogens (tertiary/aromatic N) is 1. The van der Waals surface area contributed by atoms with Crippen LogP contribution in [0.2, 0.25) is 0 Å². The van der Waals surface area contributed by atoms with Gasteiger partial charge in [0, 0.05) is 18.4 Å². The molecule has 3 N–H and O–H groups in total. The molecule has 1 aliphatic rings. The van der Waals surface area contributed by atoms with Crippen molar-refractivity contribution in [3.05, 3.63) is 29.6 Å². The van der Waals surface area contributed by atoms with E-state index in [9.17, 15) is 0 Å². The standard InChI is InChI=1S/C13H21N3S/c1-10-2-5-15-9-12(10)13(16-14)8-11-3-6-17-7-4-11/h2,5,9,11,13,16H,3-4,6-8,14H2,1H3. The van der Waals surface area contributed by atoms with E-state index in [4.69, 9.17) is 5.84 Å². The maximum atomic E-state index is 5.71. The van der Waals surface area contributed by atoms with E-state index in [0.717, 1.165) is 12.3 Å². The molecule has 0 bridgehead atoms. The minimum Gasteiger partial charge on any atom is -0.271 e. The van der Waals surface area contributed by atoms with Crippen molar-refractivity contribution in [3.8, 4) is 0 Å². The molecule has 2 rings (SSSR count). The van der Waals surface area contributed by atoms with E-state index in [1.165, 1.54) is 35.5 Å². The first-order valence-corrected chi connectivity index (χ1v) is 7.41. The number of hydrazine groups is 1. The normalized spacial score (nSPS) is 19.2. The zero-order valence-electron chi connectivity index (χ0n) is 10.4. The molecule has 1 atom stereocenters. The molecule has 0 amide bonds. The summed E-state index contributed by atoms with van der Waals surface area (Å²) < 4.78 is 0. The van der Waals surface area contributed by atoms with Crippen molar-refractivity contribution in [3.63, 3.8) is 0 Å². The summed E-state index contributed by atoms with van der Waals surface area (Å²) in [7, 11) is 0. The average Bonchev–Trinajstić information content (AvgIpc) is 2.38. The topological polar surface area (TPSA) is 50.9 Å². The lowest BCUT2D eigenvalue weighted by molar-refractivity contribution is 0.372. The number of rotatable bonds is 4. The van der Waals surface area contributed by atoms with E-state index in [-0.39, 0.29) is 6.04 Å². The molecule has 1 unspecified atom stereocenters. The van der Waals surface area contributed by atoms with Crippen LogP contribution in [0.1, 0.15) is 36.4 Å². The number of aromatic nitrogens is 1. The quantitative estimate of drug-likeness (QED) is 0.637. The first kappa shape index (κ1) is 12.9. The first-order chi connectivity index (χ1) is 8.31. The molecule has 0 aromatic carbocycles. The predicted octanol–water partition coefficient (Wildman–Crippen LogP) is 2.43. The van der Waals surface area contributed by atoms with E-state index in [1.54, 1.807) is 0 Å². The molecule has 1 aromatic rings. The van der Waals surface area contributed by atoms with Crippen molar-refractivity contribution in [1.82, 2.24) is 10.4 Å². The largest absolute Gasteiger partial charge is 0.271 e. The van der Waals surface area contributed by atoms with Gasteiger partial charge in [0.25, 0.3) is 0 Å². The molecule has 17 heavy (non-hydrogen) atoms.